The van der Waals surface area contributed by atoms with Crippen LogP contribution in [0.5, 0.6) is 11.5 Å². The van der Waals surface area contributed by atoms with Crippen LogP contribution in [0.2, 0.25) is 5.02 Å². The lowest BCUT2D eigenvalue weighted by atomic mass is 9.76. The van der Waals surface area contributed by atoms with Crippen LogP contribution in [0.1, 0.15) is 54.0 Å². The van der Waals surface area contributed by atoms with Crippen molar-refractivity contribution in [2.75, 3.05) is 6.54 Å². The molecule has 0 bridgehead atoms. The molecule has 1 aliphatic rings. The van der Waals surface area contributed by atoms with Gasteiger partial charge < -0.3 is 19.5 Å². The number of nitrogens with zero attached hydrogens (tertiary/aromatic N) is 3. The minimum absolute atomic E-state index is 0.211. The molecule has 2 aromatic carbocycles. The molecule has 0 aliphatic carbocycles. The summed E-state index contributed by atoms with van der Waals surface area (Å²) in [6.45, 7) is 6.27. The Hall–Kier alpha value is -3.09. The minimum atomic E-state index is -1.55. The van der Waals surface area contributed by atoms with E-state index in [0.29, 0.717) is 40.1 Å². The molecule has 0 spiro atoms. The number of ether oxygens (including phenoxy) is 2. The number of likely N-dealkylation sites (tertiary alicyclic amines) is 1. The number of nitriles is 1. The van der Waals surface area contributed by atoms with Crippen molar-refractivity contribution < 1.29 is 19.5 Å². The zero-order valence-corrected chi connectivity index (χ0v) is 21.9. The molecule has 3 aromatic rings. The highest BCUT2D eigenvalue weighted by Gasteiger charge is 2.22. The van der Waals surface area contributed by atoms with Gasteiger partial charge in [0.05, 0.1) is 10.6 Å². The second-order valence-corrected chi connectivity index (χ2v) is 9.89. The number of aromatic nitrogens is 1. The standard InChI is InChI=1S/C28H31BClN3O4/c1-19-6-3-4-9-33(19)16-24-11-26(30)28(37-18-23-7-5-8-25(20(23)2)29(34)35)12-27(24)36-17-22-10-21(13-31)14-32-15-22/h5,7-8,10-12,14-15,19,34-35H,3-4,6,9,16-18H2,1-2H3/t19-/m1/s1. The lowest BCUT2D eigenvalue weighted by Crippen LogP contribution is -2.36. The fourth-order valence-electron chi connectivity index (χ4n) is 4.64. The van der Waals surface area contributed by atoms with Crippen LogP contribution in [0.4, 0.5) is 0 Å². The van der Waals surface area contributed by atoms with E-state index in [1.54, 1.807) is 24.4 Å². The first kappa shape index (κ1) is 27.0. The fraction of sp³-hybridized carbons (Fsp3) is 0.357. The van der Waals surface area contributed by atoms with E-state index in [1.807, 2.05) is 25.1 Å². The largest absolute Gasteiger partial charge is 0.488 e. The van der Waals surface area contributed by atoms with E-state index in [2.05, 4.69) is 22.9 Å². The number of hydrogen-bond acceptors (Lipinski definition) is 7. The van der Waals surface area contributed by atoms with Gasteiger partial charge in [-0.05, 0) is 62.0 Å². The molecule has 0 radical (unpaired) electrons. The Kier molecular flexibility index (Phi) is 9.06. The fourth-order valence-corrected chi connectivity index (χ4v) is 4.88. The highest BCUT2D eigenvalue weighted by molar-refractivity contribution is 6.59. The first-order valence-electron chi connectivity index (χ1n) is 12.5. The summed E-state index contributed by atoms with van der Waals surface area (Å²) >= 11 is 6.67. The number of halogens is 1. The maximum absolute atomic E-state index is 9.62. The highest BCUT2D eigenvalue weighted by Crippen LogP contribution is 2.35. The molecule has 0 saturated carbocycles. The number of rotatable bonds is 9. The van der Waals surface area contributed by atoms with Gasteiger partial charge in [-0.1, -0.05) is 36.2 Å². The Morgan fingerprint density at radius 2 is 1.92 bits per heavy atom. The predicted octanol–water partition coefficient (Wildman–Crippen LogP) is 4.13. The number of hydrogen-bond donors (Lipinski definition) is 2. The van der Waals surface area contributed by atoms with Crippen LogP contribution in [-0.4, -0.2) is 39.6 Å². The third-order valence-corrected chi connectivity index (χ3v) is 7.19. The molecule has 37 heavy (non-hydrogen) atoms. The molecule has 0 unspecified atom stereocenters. The number of piperidine rings is 1. The molecule has 9 heteroatoms. The summed E-state index contributed by atoms with van der Waals surface area (Å²) in [4.78, 5) is 6.56. The monoisotopic (exact) mass is 519 g/mol. The molecule has 192 valence electrons. The smallest absolute Gasteiger partial charge is 0.488 e. The third-order valence-electron chi connectivity index (χ3n) is 6.90. The lowest BCUT2D eigenvalue weighted by Gasteiger charge is -2.33. The summed E-state index contributed by atoms with van der Waals surface area (Å²) in [5.74, 6) is 1.14. The molecule has 1 fully saturated rings. The zero-order valence-electron chi connectivity index (χ0n) is 21.2. The molecule has 1 aromatic heterocycles. The van der Waals surface area contributed by atoms with Gasteiger partial charge in [0.1, 0.15) is 30.8 Å². The molecule has 4 rings (SSSR count). The quantitative estimate of drug-likeness (QED) is 0.410. The van der Waals surface area contributed by atoms with Crippen molar-refractivity contribution >= 4 is 24.2 Å². The SMILES string of the molecule is Cc1c(COc2cc(OCc3cncc(C#N)c3)c(CN3CCCC[C@H]3C)cc2Cl)cccc1B(O)O. The number of benzene rings is 2. The van der Waals surface area contributed by atoms with Crippen molar-refractivity contribution in [1.29, 1.82) is 5.26 Å². The van der Waals surface area contributed by atoms with Gasteiger partial charge >= 0.3 is 7.12 Å². The molecule has 1 atom stereocenters. The van der Waals surface area contributed by atoms with Crippen molar-refractivity contribution in [3.63, 3.8) is 0 Å². The second kappa shape index (κ2) is 12.4. The van der Waals surface area contributed by atoms with E-state index < -0.39 is 7.12 Å². The first-order chi connectivity index (χ1) is 17.9. The Morgan fingerprint density at radius 3 is 2.68 bits per heavy atom. The average Bonchev–Trinajstić information content (AvgIpc) is 2.89. The normalized spacial score (nSPS) is 15.7. The van der Waals surface area contributed by atoms with Crippen LogP contribution in [-0.2, 0) is 19.8 Å². The van der Waals surface area contributed by atoms with Crippen LogP contribution < -0.4 is 14.9 Å². The summed E-state index contributed by atoms with van der Waals surface area (Å²) in [7, 11) is -1.55. The maximum Gasteiger partial charge on any atom is 0.488 e. The Bertz CT molecular complexity index is 1280. The maximum atomic E-state index is 9.62. The molecule has 1 aliphatic heterocycles. The van der Waals surface area contributed by atoms with Crippen LogP contribution in [0.3, 0.4) is 0 Å². The molecule has 7 nitrogen and oxygen atoms in total. The van der Waals surface area contributed by atoms with Gasteiger partial charge in [-0.2, -0.15) is 5.26 Å². The van der Waals surface area contributed by atoms with E-state index in [9.17, 15) is 15.3 Å². The molecular weight excluding hydrogens is 489 g/mol. The van der Waals surface area contributed by atoms with Crippen molar-refractivity contribution in [2.24, 2.45) is 0 Å². The van der Waals surface area contributed by atoms with Crippen molar-refractivity contribution in [2.45, 2.75) is 58.9 Å². The Balaban J connectivity index is 1.59. The van der Waals surface area contributed by atoms with Gasteiger partial charge in [-0.25, -0.2) is 0 Å². The van der Waals surface area contributed by atoms with E-state index in [-0.39, 0.29) is 13.2 Å². The summed E-state index contributed by atoms with van der Waals surface area (Å²) in [5.41, 5.74) is 4.27. The van der Waals surface area contributed by atoms with Crippen molar-refractivity contribution in [3.05, 3.63) is 81.6 Å². The summed E-state index contributed by atoms with van der Waals surface area (Å²) in [6.07, 6.45) is 6.78. The van der Waals surface area contributed by atoms with Gasteiger partial charge in [0, 0.05) is 42.2 Å². The van der Waals surface area contributed by atoms with E-state index in [1.165, 1.54) is 25.5 Å². The van der Waals surface area contributed by atoms with Crippen LogP contribution >= 0.6 is 11.6 Å². The topological polar surface area (TPSA) is 98.8 Å². The third kappa shape index (κ3) is 6.82. The molecule has 0 amide bonds. The molecule has 2 N–H and O–H groups in total. The van der Waals surface area contributed by atoms with E-state index in [0.717, 1.165) is 28.8 Å². The Morgan fingerprint density at radius 1 is 1.11 bits per heavy atom. The van der Waals surface area contributed by atoms with Crippen LogP contribution in [0.15, 0.2) is 48.8 Å². The van der Waals surface area contributed by atoms with Gasteiger partial charge in [0.25, 0.3) is 0 Å². The van der Waals surface area contributed by atoms with Crippen LogP contribution in [0.25, 0.3) is 0 Å². The Labute approximate surface area is 223 Å². The summed E-state index contributed by atoms with van der Waals surface area (Å²) in [6, 6.07) is 13.4. The van der Waals surface area contributed by atoms with Crippen LogP contribution in [0, 0.1) is 18.3 Å². The van der Waals surface area contributed by atoms with E-state index >= 15 is 0 Å². The minimum Gasteiger partial charge on any atom is -0.488 e. The average molecular weight is 520 g/mol. The van der Waals surface area contributed by atoms with Gasteiger partial charge in [-0.3, -0.25) is 9.88 Å². The zero-order chi connectivity index (χ0) is 26.4. The van der Waals surface area contributed by atoms with Gasteiger partial charge in [-0.15, -0.1) is 0 Å². The summed E-state index contributed by atoms with van der Waals surface area (Å²) in [5, 5.41) is 28.9. The summed E-state index contributed by atoms with van der Waals surface area (Å²) < 4.78 is 12.3. The van der Waals surface area contributed by atoms with E-state index in [4.69, 9.17) is 21.1 Å². The van der Waals surface area contributed by atoms with Crippen molar-refractivity contribution in [1.82, 2.24) is 9.88 Å². The predicted molar refractivity (Wildman–Crippen MR) is 144 cm³/mol. The first-order valence-corrected chi connectivity index (χ1v) is 12.8. The molecule has 1 saturated heterocycles. The second-order valence-electron chi connectivity index (χ2n) is 9.48. The van der Waals surface area contributed by atoms with Gasteiger partial charge in [0.15, 0.2) is 0 Å². The number of pyridine rings is 1. The highest BCUT2D eigenvalue weighted by atomic mass is 35.5. The van der Waals surface area contributed by atoms with Crippen molar-refractivity contribution in [3.8, 4) is 17.6 Å². The lowest BCUT2D eigenvalue weighted by molar-refractivity contribution is 0.150. The van der Waals surface area contributed by atoms with Gasteiger partial charge in [0.2, 0.25) is 0 Å². The molecule has 2 heterocycles. The molecular formula is C28H31BClN3O4.